The van der Waals surface area contributed by atoms with Crippen LogP contribution in [0.2, 0.25) is 0 Å². The van der Waals surface area contributed by atoms with E-state index in [0.29, 0.717) is 5.56 Å². The molecule has 1 atom stereocenters. The van der Waals surface area contributed by atoms with E-state index in [0.717, 1.165) is 22.3 Å². The first-order valence-electron chi connectivity index (χ1n) is 9.76. The van der Waals surface area contributed by atoms with Crippen LogP contribution in [0.25, 0.3) is 11.1 Å². The minimum atomic E-state index is -1.19. The summed E-state index contributed by atoms with van der Waals surface area (Å²) in [5, 5.41) is 20.9. The van der Waals surface area contributed by atoms with E-state index in [4.69, 9.17) is 10.00 Å². The predicted octanol–water partition coefficient (Wildman–Crippen LogP) is 3.49. The molecule has 0 saturated carbocycles. The third-order valence-corrected chi connectivity index (χ3v) is 5.31. The highest BCUT2D eigenvalue weighted by Gasteiger charge is 2.29. The Labute approximate surface area is 178 Å². The summed E-state index contributed by atoms with van der Waals surface area (Å²) in [6, 6.07) is 19.8. The number of pyridine rings is 1. The molecular weight excluding hydrogens is 394 g/mol. The van der Waals surface area contributed by atoms with Crippen molar-refractivity contribution in [3.63, 3.8) is 0 Å². The monoisotopic (exact) mass is 413 g/mol. The lowest BCUT2D eigenvalue weighted by Crippen LogP contribution is -2.42. The first kappa shape index (κ1) is 20.1. The van der Waals surface area contributed by atoms with Crippen LogP contribution in [0.1, 0.15) is 28.3 Å². The zero-order valence-electron chi connectivity index (χ0n) is 16.5. The molecule has 1 heterocycles. The summed E-state index contributed by atoms with van der Waals surface area (Å²) in [6.07, 6.45) is 0.639. The molecule has 1 aliphatic carbocycles. The molecule has 1 aliphatic rings. The molecule has 0 spiro atoms. The van der Waals surface area contributed by atoms with Crippen LogP contribution in [-0.2, 0) is 16.0 Å². The summed E-state index contributed by atoms with van der Waals surface area (Å²) in [6.45, 7) is 0.0973. The Morgan fingerprint density at radius 3 is 2.35 bits per heavy atom. The molecule has 1 amide bonds. The van der Waals surface area contributed by atoms with Gasteiger partial charge < -0.3 is 15.2 Å². The number of carboxylic acids is 1. The number of nitrogens with zero attached hydrogens (tertiary/aromatic N) is 2. The van der Waals surface area contributed by atoms with Crippen LogP contribution < -0.4 is 5.32 Å². The minimum absolute atomic E-state index is 0.0106. The maximum atomic E-state index is 12.4. The summed E-state index contributed by atoms with van der Waals surface area (Å²) in [5.41, 5.74) is 5.14. The van der Waals surface area contributed by atoms with Crippen molar-refractivity contribution in [3.8, 4) is 17.2 Å². The van der Waals surface area contributed by atoms with Gasteiger partial charge in [-0.05, 0) is 39.9 Å². The van der Waals surface area contributed by atoms with Crippen LogP contribution in [0.5, 0.6) is 0 Å². The Morgan fingerprint density at radius 2 is 1.74 bits per heavy atom. The Hall–Kier alpha value is -4.18. The lowest BCUT2D eigenvalue weighted by Gasteiger charge is -2.17. The van der Waals surface area contributed by atoms with E-state index >= 15 is 0 Å². The van der Waals surface area contributed by atoms with E-state index in [1.807, 2.05) is 54.6 Å². The highest BCUT2D eigenvalue weighted by Crippen LogP contribution is 2.44. The predicted molar refractivity (Wildman–Crippen MR) is 112 cm³/mol. The number of amides is 1. The van der Waals surface area contributed by atoms with E-state index in [2.05, 4.69) is 10.3 Å². The summed E-state index contributed by atoms with van der Waals surface area (Å²) >= 11 is 0. The fourth-order valence-electron chi connectivity index (χ4n) is 3.88. The third kappa shape index (κ3) is 4.23. The number of aliphatic carboxylic acids is 1. The zero-order chi connectivity index (χ0) is 21.8. The largest absolute Gasteiger partial charge is 0.480 e. The van der Waals surface area contributed by atoms with E-state index in [-0.39, 0.29) is 24.6 Å². The van der Waals surface area contributed by atoms with Crippen LogP contribution in [0, 0.1) is 11.3 Å². The second-order valence-corrected chi connectivity index (χ2v) is 7.23. The SMILES string of the molecule is N#Cc1cc(CC(NC(=O)OCC2c3ccccc3-c3ccccc32)C(=O)O)ccn1. The van der Waals surface area contributed by atoms with Gasteiger partial charge in [0.2, 0.25) is 0 Å². The number of aromatic nitrogens is 1. The van der Waals surface area contributed by atoms with E-state index < -0.39 is 18.1 Å². The fraction of sp³-hybridized carbons (Fsp3) is 0.167. The number of carbonyl (C=O) groups excluding carboxylic acids is 1. The van der Waals surface area contributed by atoms with Gasteiger partial charge in [0, 0.05) is 18.5 Å². The summed E-state index contributed by atoms with van der Waals surface area (Å²) in [5.74, 6) is -1.30. The molecule has 154 valence electrons. The van der Waals surface area contributed by atoms with Crippen LogP contribution >= 0.6 is 0 Å². The van der Waals surface area contributed by atoms with Gasteiger partial charge in [-0.25, -0.2) is 14.6 Å². The molecule has 0 aliphatic heterocycles. The summed E-state index contributed by atoms with van der Waals surface area (Å²) in [7, 11) is 0. The molecule has 0 saturated heterocycles. The number of carboxylic acid groups (broad SMARTS) is 1. The van der Waals surface area contributed by atoms with Gasteiger partial charge in [-0.1, -0.05) is 48.5 Å². The van der Waals surface area contributed by atoms with Crippen molar-refractivity contribution < 1.29 is 19.4 Å². The van der Waals surface area contributed by atoms with Crippen molar-refractivity contribution in [3.05, 3.63) is 89.2 Å². The molecule has 0 radical (unpaired) electrons. The first-order chi connectivity index (χ1) is 15.1. The summed E-state index contributed by atoms with van der Waals surface area (Å²) < 4.78 is 5.42. The van der Waals surface area contributed by atoms with Gasteiger partial charge in [-0.15, -0.1) is 0 Å². The van der Waals surface area contributed by atoms with Gasteiger partial charge in [0.1, 0.15) is 24.4 Å². The smallest absolute Gasteiger partial charge is 0.407 e. The van der Waals surface area contributed by atoms with Crippen LogP contribution in [-0.4, -0.2) is 34.8 Å². The van der Waals surface area contributed by atoms with Gasteiger partial charge in [0.25, 0.3) is 0 Å². The first-order valence-corrected chi connectivity index (χ1v) is 9.76. The van der Waals surface area contributed by atoms with E-state index in [1.165, 1.54) is 12.3 Å². The van der Waals surface area contributed by atoms with Gasteiger partial charge in [0.05, 0.1) is 0 Å². The molecule has 3 aromatic rings. The van der Waals surface area contributed by atoms with Crippen molar-refractivity contribution in [2.45, 2.75) is 18.4 Å². The molecule has 0 fully saturated rings. The molecule has 1 aromatic heterocycles. The van der Waals surface area contributed by atoms with Crippen molar-refractivity contribution >= 4 is 12.1 Å². The van der Waals surface area contributed by atoms with Crippen molar-refractivity contribution in [2.24, 2.45) is 0 Å². The number of hydrogen-bond donors (Lipinski definition) is 2. The number of fused-ring (bicyclic) bond motifs is 3. The number of benzene rings is 2. The average molecular weight is 413 g/mol. The molecule has 2 aromatic carbocycles. The van der Waals surface area contributed by atoms with Crippen LogP contribution in [0.15, 0.2) is 66.9 Å². The number of nitrogens with one attached hydrogen (secondary N) is 1. The molecule has 2 N–H and O–H groups in total. The van der Waals surface area contributed by atoms with Gasteiger partial charge in [-0.3, -0.25) is 0 Å². The van der Waals surface area contributed by atoms with Gasteiger partial charge in [-0.2, -0.15) is 5.26 Å². The van der Waals surface area contributed by atoms with Gasteiger partial charge >= 0.3 is 12.1 Å². The number of ether oxygens (including phenoxy) is 1. The molecule has 1 unspecified atom stereocenters. The lowest BCUT2D eigenvalue weighted by molar-refractivity contribution is -0.139. The standard InChI is InChI=1S/C24H19N3O4/c25-13-16-11-15(9-10-26-16)12-22(23(28)29)27-24(30)31-14-21-19-7-3-1-5-17(19)18-6-2-4-8-20(18)21/h1-11,21-22H,12,14H2,(H,27,30)(H,28,29). The molecule has 4 rings (SSSR count). The van der Waals surface area contributed by atoms with E-state index in [1.54, 1.807) is 6.07 Å². The number of carbonyl (C=O) groups is 2. The van der Waals surface area contributed by atoms with E-state index in [9.17, 15) is 14.7 Å². The highest BCUT2D eigenvalue weighted by molar-refractivity contribution is 5.81. The number of alkyl carbamates (subject to hydrolysis) is 1. The van der Waals surface area contributed by atoms with Gasteiger partial charge in [0.15, 0.2) is 0 Å². The molecule has 7 nitrogen and oxygen atoms in total. The number of hydrogen-bond acceptors (Lipinski definition) is 5. The zero-order valence-corrected chi connectivity index (χ0v) is 16.5. The van der Waals surface area contributed by atoms with Crippen molar-refractivity contribution in [1.29, 1.82) is 5.26 Å². The Bertz CT molecular complexity index is 1140. The molecule has 7 heteroatoms. The van der Waals surface area contributed by atoms with Crippen molar-refractivity contribution in [1.82, 2.24) is 10.3 Å². The number of rotatable bonds is 6. The quantitative estimate of drug-likeness (QED) is 0.640. The normalized spacial score (nSPS) is 12.9. The Morgan fingerprint density at radius 1 is 1.10 bits per heavy atom. The Kier molecular flexibility index (Phi) is 5.63. The van der Waals surface area contributed by atoms with Crippen molar-refractivity contribution in [2.75, 3.05) is 6.61 Å². The fourth-order valence-corrected chi connectivity index (χ4v) is 3.88. The summed E-state index contributed by atoms with van der Waals surface area (Å²) in [4.78, 5) is 27.9. The second-order valence-electron chi connectivity index (χ2n) is 7.23. The molecular formula is C24H19N3O4. The number of nitriles is 1. The highest BCUT2D eigenvalue weighted by atomic mass is 16.5. The van der Waals surface area contributed by atoms with Crippen LogP contribution in [0.4, 0.5) is 4.79 Å². The maximum absolute atomic E-state index is 12.4. The minimum Gasteiger partial charge on any atom is -0.480 e. The lowest BCUT2D eigenvalue weighted by atomic mass is 9.98. The Balaban J connectivity index is 1.43. The van der Waals surface area contributed by atoms with Crippen LogP contribution in [0.3, 0.4) is 0 Å². The third-order valence-electron chi connectivity index (χ3n) is 5.31. The molecule has 0 bridgehead atoms. The molecule has 31 heavy (non-hydrogen) atoms. The maximum Gasteiger partial charge on any atom is 0.407 e. The second kappa shape index (κ2) is 8.67. The topological polar surface area (TPSA) is 112 Å². The average Bonchev–Trinajstić information content (AvgIpc) is 3.11.